The molecule has 0 radical (unpaired) electrons. The van der Waals surface area contributed by atoms with E-state index in [2.05, 4.69) is 15.0 Å². The van der Waals surface area contributed by atoms with E-state index in [0.29, 0.717) is 24.1 Å². The molecule has 8 heteroatoms. The van der Waals surface area contributed by atoms with Gasteiger partial charge in [-0.2, -0.15) is 0 Å². The fourth-order valence-corrected chi connectivity index (χ4v) is 3.16. The highest BCUT2D eigenvalue weighted by atomic mass is 16.5. The minimum absolute atomic E-state index is 0.294. The number of hydrogen-bond donors (Lipinski definition) is 1. The summed E-state index contributed by atoms with van der Waals surface area (Å²) in [6.07, 6.45) is 2.58. The summed E-state index contributed by atoms with van der Waals surface area (Å²) >= 11 is 0. The van der Waals surface area contributed by atoms with E-state index in [-0.39, 0.29) is 0 Å². The van der Waals surface area contributed by atoms with Crippen LogP contribution in [0, 0.1) is 0 Å². The molecule has 0 fully saturated rings. The summed E-state index contributed by atoms with van der Waals surface area (Å²) in [6.45, 7) is 0.500. The Hall–Kier alpha value is -3.64. The van der Waals surface area contributed by atoms with Gasteiger partial charge >= 0.3 is 0 Å². The molecule has 3 aromatic rings. The zero-order valence-corrected chi connectivity index (χ0v) is 16.6. The summed E-state index contributed by atoms with van der Waals surface area (Å²) in [7, 11) is 3.26. The van der Waals surface area contributed by atoms with E-state index < -0.39 is 0 Å². The molecule has 29 heavy (non-hydrogen) atoms. The van der Waals surface area contributed by atoms with E-state index in [4.69, 9.17) is 20.4 Å². The Morgan fingerprint density at radius 2 is 2.03 bits per heavy atom. The first-order valence-electron chi connectivity index (χ1n) is 9.36. The summed E-state index contributed by atoms with van der Waals surface area (Å²) in [4.78, 5) is 8.71. The molecule has 8 nitrogen and oxygen atoms in total. The average molecular weight is 392 g/mol. The fourth-order valence-electron chi connectivity index (χ4n) is 3.16. The number of para-hydroxylation sites is 1. The van der Waals surface area contributed by atoms with Crippen LogP contribution in [0.5, 0.6) is 5.75 Å². The van der Waals surface area contributed by atoms with Gasteiger partial charge in [-0.15, -0.1) is 0 Å². The van der Waals surface area contributed by atoms with Crippen LogP contribution >= 0.6 is 0 Å². The first-order chi connectivity index (χ1) is 14.2. The lowest BCUT2D eigenvalue weighted by Gasteiger charge is -2.23. The van der Waals surface area contributed by atoms with Gasteiger partial charge in [0.1, 0.15) is 11.3 Å². The molecule has 0 aliphatic heterocycles. The molecule has 0 amide bonds. The second-order valence-electron chi connectivity index (χ2n) is 6.46. The number of nitrogens with two attached hydrogens (primary N) is 1. The first kappa shape index (κ1) is 20.1. The van der Waals surface area contributed by atoms with Gasteiger partial charge in [-0.25, -0.2) is 4.90 Å². The standard InChI is InChI=1S/C21H24N6O2/c1-24-21(22)27(20-14-16-8-3-4-9-18(16)29-20)17-13-15(10-11-19(17)28-2)7-5-6-12-25-26-23/h3-4,8-11,13-14H,5-7,12H2,1-2H3,(H2,22,24). The molecular weight excluding hydrogens is 368 g/mol. The molecule has 0 aliphatic carbocycles. The third kappa shape index (κ3) is 4.62. The van der Waals surface area contributed by atoms with Gasteiger partial charge in [-0.05, 0) is 48.6 Å². The largest absolute Gasteiger partial charge is 0.495 e. The van der Waals surface area contributed by atoms with Gasteiger partial charge in [0.2, 0.25) is 11.8 Å². The third-order valence-electron chi connectivity index (χ3n) is 4.61. The van der Waals surface area contributed by atoms with Gasteiger partial charge in [0.05, 0.1) is 12.8 Å². The van der Waals surface area contributed by atoms with Crippen LogP contribution in [-0.4, -0.2) is 26.7 Å². The minimum Gasteiger partial charge on any atom is -0.495 e. The zero-order valence-electron chi connectivity index (χ0n) is 16.6. The number of nitrogens with zero attached hydrogens (tertiary/aromatic N) is 5. The second kappa shape index (κ2) is 9.52. The summed E-state index contributed by atoms with van der Waals surface area (Å²) in [5.74, 6) is 1.52. The summed E-state index contributed by atoms with van der Waals surface area (Å²) in [6, 6.07) is 15.7. The number of ether oxygens (including phenoxy) is 1. The molecule has 0 aliphatic rings. The number of unbranched alkanes of at least 4 members (excludes halogenated alkanes) is 1. The molecule has 3 rings (SSSR count). The molecule has 0 saturated heterocycles. The summed E-state index contributed by atoms with van der Waals surface area (Å²) < 4.78 is 11.6. The van der Waals surface area contributed by atoms with E-state index >= 15 is 0 Å². The predicted octanol–water partition coefficient (Wildman–Crippen LogP) is 5.16. The van der Waals surface area contributed by atoms with Crippen LogP contribution in [-0.2, 0) is 6.42 Å². The van der Waals surface area contributed by atoms with Crippen molar-refractivity contribution in [2.24, 2.45) is 15.8 Å². The third-order valence-corrected chi connectivity index (χ3v) is 4.61. The minimum atomic E-state index is 0.294. The highest BCUT2D eigenvalue weighted by molar-refractivity contribution is 6.03. The number of azide groups is 1. The normalized spacial score (nSPS) is 11.3. The van der Waals surface area contributed by atoms with Crippen LogP contribution in [0.25, 0.3) is 21.4 Å². The van der Waals surface area contributed by atoms with Crippen LogP contribution < -0.4 is 15.4 Å². The summed E-state index contributed by atoms with van der Waals surface area (Å²) in [5.41, 5.74) is 17.3. The van der Waals surface area contributed by atoms with E-state index in [1.165, 1.54) is 0 Å². The number of rotatable bonds is 8. The molecular formula is C21H24N6O2. The van der Waals surface area contributed by atoms with Gasteiger partial charge in [0.15, 0.2) is 0 Å². The van der Waals surface area contributed by atoms with Crippen LogP contribution in [0.15, 0.2) is 63.1 Å². The molecule has 150 valence electrons. The lowest BCUT2D eigenvalue weighted by atomic mass is 10.1. The summed E-state index contributed by atoms with van der Waals surface area (Å²) in [5, 5.41) is 4.55. The van der Waals surface area contributed by atoms with E-state index in [1.807, 2.05) is 48.5 Å². The van der Waals surface area contributed by atoms with Crippen molar-refractivity contribution >= 4 is 28.5 Å². The lowest BCUT2D eigenvalue weighted by Crippen LogP contribution is -2.33. The number of aliphatic imine (C=N–C) groups is 1. The number of anilines is 2. The monoisotopic (exact) mass is 392 g/mol. The van der Waals surface area contributed by atoms with E-state index in [9.17, 15) is 0 Å². The van der Waals surface area contributed by atoms with Gasteiger partial charge < -0.3 is 14.9 Å². The highest BCUT2D eigenvalue weighted by Gasteiger charge is 2.22. The average Bonchev–Trinajstić information content (AvgIpc) is 3.17. The smallest absolute Gasteiger partial charge is 0.208 e. The second-order valence-corrected chi connectivity index (χ2v) is 6.46. The van der Waals surface area contributed by atoms with Crippen LogP contribution in [0.4, 0.5) is 11.6 Å². The Bertz CT molecular complexity index is 1020. The maximum Gasteiger partial charge on any atom is 0.208 e. The van der Waals surface area contributed by atoms with Gasteiger partial charge in [0, 0.05) is 30.0 Å². The Balaban J connectivity index is 1.97. The number of benzene rings is 2. The van der Waals surface area contributed by atoms with Crippen molar-refractivity contribution in [1.82, 2.24) is 0 Å². The molecule has 0 unspecified atom stereocenters. The molecule has 1 heterocycles. The lowest BCUT2D eigenvalue weighted by molar-refractivity contribution is 0.415. The van der Waals surface area contributed by atoms with Crippen molar-refractivity contribution in [1.29, 1.82) is 0 Å². The topological polar surface area (TPSA) is 113 Å². The van der Waals surface area contributed by atoms with Crippen LogP contribution in [0.3, 0.4) is 0 Å². The zero-order chi connectivity index (χ0) is 20.6. The SMILES string of the molecule is CN=C(N)N(c1cc2ccccc2o1)c1cc(CCCCN=[N+]=[N-])ccc1OC. The van der Waals surface area contributed by atoms with Gasteiger partial charge in [-0.3, -0.25) is 4.99 Å². The van der Waals surface area contributed by atoms with Crippen molar-refractivity contribution in [2.45, 2.75) is 19.3 Å². The van der Waals surface area contributed by atoms with E-state index in [1.54, 1.807) is 19.1 Å². The first-order valence-corrected chi connectivity index (χ1v) is 9.36. The van der Waals surface area contributed by atoms with Crippen molar-refractivity contribution in [3.8, 4) is 5.75 Å². The molecule has 2 N–H and O–H groups in total. The maximum atomic E-state index is 8.38. The Morgan fingerprint density at radius 3 is 2.76 bits per heavy atom. The van der Waals surface area contributed by atoms with Crippen molar-refractivity contribution in [2.75, 3.05) is 25.6 Å². The molecule has 1 aromatic heterocycles. The number of hydrogen-bond acceptors (Lipinski definition) is 4. The number of furan rings is 1. The molecule has 0 atom stereocenters. The number of guanidine groups is 1. The highest BCUT2D eigenvalue weighted by Crippen LogP contribution is 2.37. The molecule has 0 spiro atoms. The van der Waals surface area contributed by atoms with Crippen molar-refractivity contribution in [3.63, 3.8) is 0 Å². The number of fused-ring (bicyclic) bond motifs is 1. The van der Waals surface area contributed by atoms with Crippen molar-refractivity contribution < 1.29 is 9.15 Å². The van der Waals surface area contributed by atoms with Crippen LogP contribution in [0.1, 0.15) is 18.4 Å². The molecule has 0 bridgehead atoms. The number of aryl methyl sites for hydroxylation is 1. The van der Waals surface area contributed by atoms with Gasteiger partial charge in [0.25, 0.3) is 0 Å². The Morgan fingerprint density at radius 1 is 1.21 bits per heavy atom. The number of methoxy groups -OCH3 is 1. The Labute approximate surface area is 169 Å². The van der Waals surface area contributed by atoms with Crippen LogP contribution in [0.2, 0.25) is 0 Å². The fraction of sp³-hybridized carbons (Fsp3) is 0.286. The van der Waals surface area contributed by atoms with Gasteiger partial charge in [-0.1, -0.05) is 29.4 Å². The molecule has 2 aromatic carbocycles. The Kier molecular flexibility index (Phi) is 6.60. The maximum absolute atomic E-state index is 8.38. The quantitative estimate of drug-likeness (QED) is 0.142. The van der Waals surface area contributed by atoms with E-state index in [0.717, 1.165) is 41.5 Å². The molecule has 0 saturated carbocycles. The van der Waals surface area contributed by atoms with Crippen molar-refractivity contribution in [3.05, 3.63) is 64.5 Å². The predicted molar refractivity (Wildman–Crippen MR) is 116 cm³/mol.